The maximum Gasteiger partial charge on any atom is 0.321 e. The fourth-order valence-electron chi connectivity index (χ4n) is 2.28. The molecule has 0 saturated heterocycles. The number of benzene rings is 1. The maximum absolute atomic E-state index is 12.2. The Labute approximate surface area is 119 Å². The highest BCUT2D eigenvalue weighted by Gasteiger charge is 2.25. The molecule has 0 bridgehead atoms. The third-order valence-electron chi connectivity index (χ3n) is 3.19. The quantitative estimate of drug-likeness (QED) is 0.822. The number of urea groups is 1. The molecule has 0 atom stereocenters. The van der Waals surface area contributed by atoms with E-state index in [1.54, 1.807) is 18.0 Å². The van der Waals surface area contributed by atoms with E-state index in [0.717, 1.165) is 17.7 Å². The Kier molecular flexibility index (Phi) is 3.70. The minimum absolute atomic E-state index is 0.121. The van der Waals surface area contributed by atoms with Crippen LogP contribution in [0.5, 0.6) is 0 Å². The van der Waals surface area contributed by atoms with Crippen LogP contribution in [0.3, 0.4) is 0 Å². The van der Waals surface area contributed by atoms with Crippen molar-refractivity contribution in [3.8, 4) is 0 Å². The molecule has 2 rings (SSSR count). The normalized spacial score (nSPS) is 13.9. The smallest absolute Gasteiger partial charge is 0.321 e. The van der Waals surface area contributed by atoms with Crippen LogP contribution in [0, 0.1) is 0 Å². The fraction of sp³-hybridized carbons (Fsp3) is 0.467. The highest BCUT2D eigenvalue weighted by atomic mass is 16.2. The summed E-state index contributed by atoms with van der Waals surface area (Å²) in [6, 6.07) is 5.39. The van der Waals surface area contributed by atoms with Crippen molar-refractivity contribution in [3.63, 3.8) is 0 Å². The average Bonchev–Trinajstić information content (AvgIpc) is 2.78. The molecule has 0 unspecified atom stereocenters. The second-order valence-electron chi connectivity index (χ2n) is 6.00. The highest BCUT2D eigenvalue weighted by Crippen LogP contribution is 2.29. The number of amides is 3. The molecular weight excluding hydrogens is 254 g/mol. The summed E-state index contributed by atoms with van der Waals surface area (Å²) in [5.41, 5.74) is 2.22. The van der Waals surface area contributed by atoms with Crippen molar-refractivity contribution >= 4 is 17.6 Å². The molecular formula is C15H21N3O2. The lowest BCUT2D eigenvalue weighted by atomic mass is 10.1. The van der Waals surface area contributed by atoms with Crippen molar-refractivity contribution in [1.82, 2.24) is 10.6 Å². The lowest BCUT2D eigenvalue weighted by Crippen LogP contribution is -2.40. The highest BCUT2D eigenvalue weighted by molar-refractivity contribution is 5.99. The first-order valence-corrected chi connectivity index (χ1v) is 6.76. The molecule has 1 aromatic carbocycles. The molecule has 108 valence electrons. The van der Waals surface area contributed by atoms with E-state index in [2.05, 4.69) is 10.6 Å². The van der Waals surface area contributed by atoms with Gasteiger partial charge in [-0.05, 0) is 44.9 Å². The van der Waals surface area contributed by atoms with Crippen LogP contribution < -0.4 is 15.5 Å². The van der Waals surface area contributed by atoms with Gasteiger partial charge in [-0.25, -0.2) is 4.79 Å². The van der Waals surface area contributed by atoms with Crippen LogP contribution in [0.4, 0.5) is 10.5 Å². The molecule has 5 heteroatoms. The van der Waals surface area contributed by atoms with E-state index in [-0.39, 0.29) is 17.5 Å². The Morgan fingerprint density at radius 3 is 2.55 bits per heavy atom. The van der Waals surface area contributed by atoms with E-state index in [1.807, 2.05) is 32.9 Å². The Morgan fingerprint density at radius 1 is 1.25 bits per heavy atom. The van der Waals surface area contributed by atoms with E-state index < -0.39 is 0 Å². The Hall–Kier alpha value is -2.04. The van der Waals surface area contributed by atoms with Gasteiger partial charge in [-0.2, -0.15) is 0 Å². The number of rotatable bonds is 1. The van der Waals surface area contributed by atoms with Crippen molar-refractivity contribution in [2.75, 3.05) is 18.5 Å². The number of anilines is 1. The number of carbonyl (C=O) groups is 2. The van der Waals surface area contributed by atoms with Crippen LogP contribution in [0.2, 0.25) is 0 Å². The molecule has 1 aromatic rings. The molecule has 3 amide bonds. The number of nitrogens with zero attached hydrogens (tertiary/aromatic N) is 1. The molecule has 0 aliphatic carbocycles. The van der Waals surface area contributed by atoms with E-state index in [0.29, 0.717) is 12.1 Å². The molecule has 0 saturated carbocycles. The second-order valence-corrected chi connectivity index (χ2v) is 6.00. The van der Waals surface area contributed by atoms with E-state index in [1.165, 1.54) is 0 Å². The minimum Gasteiger partial charge on any atom is -0.347 e. The molecule has 20 heavy (non-hydrogen) atoms. The number of nitrogens with one attached hydrogen (secondary N) is 2. The maximum atomic E-state index is 12.2. The molecule has 1 aliphatic heterocycles. The standard InChI is InChI=1S/C15H21N3O2/c1-15(2,3)17-13(19)11-6-5-10-7-8-18(12(10)9-11)14(20)16-4/h5-6,9H,7-8H2,1-4H3,(H,16,20)(H,17,19). The molecule has 0 aromatic heterocycles. The van der Waals surface area contributed by atoms with E-state index >= 15 is 0 Å². The molecule has 1 aliphatic rings. The zero-order valence-electron chi connectivity index (χ0n) is 12.4. The molecule has 5 nitrogen and oxygen atoms in total. The van der Waals surface area contributed by atoms with Crippen molar-refractivity contribution < 1.29 is 9.59 Å². The van der Waals surface area contributed by atoms with Gasteiger partial charge in [0.25, 0.3) is 5.91 Å². The Morgan fingerprint density at radius 2 is 1.95 bits per heavy atom. The lowest BCUT2D eigenvalue weighted by molar-refractivity contribution is 0.0919. The first-order chi connectivity index (χ1) is 9.31. The van der Waals surface area contributed by atoms with Gasteiger partial charge in [-0.3, -0.25) is 9.69 Å². The summed E-state index contributed by atoms with van der Waals surface area (Å²) in [6.45, 7) is 6.47. The summed E-state index contributed by atoms with van der Waals surface area (Å²) in [5, 5.41) is 5.55. The van der Waals surface area contributed by atoms with E-state index in [9.17, 15) is 9.59 Å². The molecule has 0 radical (unpaired) electrons. The molecule has 2 N–H and O–H groups in total. The van der Waals surface area contributed by atoms with Gasteiger partial charge in [0.15, 0.2) is 0 Å². The van der Waals surface area contributed by atoms with Gasteiger partial charge in [0, 0.05) is 30.4 Å². The number of hydrogen-bond acceptors (Lipinski definition) is 2. The van der Waals surface area contributed by atoms with Crippen LogP contribution in [0.25, 0.3) is 0 Å². The van der Waals surface area contributed by atoms with Gasteiger partial charge in [0.2, 0.25) is 0 Å². The van der Waals surface area contributed by atoms with Gasteiger partial charge in [0.1, 0.15) is 0 Å². The molecule has 1 heterocycles. The zero-order chi connectivity index (χ0) is 14.9. The Balaban J connectivity index is 2.27. The third kappa shape index (κ3) is 2.92. The monoisotopic (exact) mass is 275 g/mol. The molecule has 0 spiro atoms. The SMILES string of the molecule is CNC(=O)N1CCc2ccc(C(=O)NC(C)(C)C)cc21. The summed E-state index contributed by atoms with van der Waals surface area (Å²) in [6.07, 6.45) is 0.823. The average molecular weight is 275 g/mol. The second kappa shape index (κ2) is 5.15. The van der Waals surface area contributed by atoms with Gasteiger partial charge in [-0.15, -0.1) is 0 Å². The zero-order valence-corrected chi connectivity index (χ0v) is 12.4. The van der Waals surface area contributed by atoms with Crippen molar-refractivity contribution in [1.29, 1.82) is 0 Å². The summed E-state index contributed by atoms with van der Waals surface area (Å²) in [5.74, 6) is -0.121. The lowest BCUT2D eigenvalue weighted by Gasteiger charge is -2.21. The van der Waals surface area contributed by atoms with Crippen molar-refractivity contribution in [2.24, 2.45) is 0 Å². The summed E-state index contributed by atoms with van der Waals surface area (Å²) in [4.78, 5) is 25.6. The van der Waals surface area contributed by atoms with Crippen molar-refractivity contribution in [2.45, 2.75) is 32.7 Å². The van der Waals surface area contributed by atoms with Crippen LogP contribution in [-0.4, -0.2) is 31.1 Å². The molecule has 0 fully saturated rings. The van der Waals surface area contributed by atoms with Gasteiger partial charge in [-0.1, -0.05) is 6.07 Å². The van der Waals surface area contributed by atoms with Crippen LogP contribution in [0.15, 0.2) is 18.2 Å². The van der Waals surface area contributed by atoms with Crippen LogP contribution in [0.1, 0.15) is 36.7 Å². The Bertz CT molecular complexity index is 547. The summed E-state index contributed by atoms with van der Waals surface area (Å²) in [7, 11) is 1.61. The van der Waals surface area contributed by atoms with Crippen LogP contribution in [-0.2, 0) is 6.42 Å². The first kappa shape index (κ1) is 14.4. The largest absolute Gasteiger partial charge is 0.347 e. The van der Waals surface area contributed by atoms with Crippen molar-refractivity contribution in [3.05, 3.63) is 29.3 Å². The number of hydrogen-bond donors (Lipinski definition) is 2. The summed E-state index contributed by atoms with van der Waals surface area (Å²) < 4.78 is 0. The predicted octanol–water partition coefficient (Wildman–Crippen LogP) is 1.92. The third-order valence-corrected chi connectivity index (χ3v) is 3.19. The number of fused-ring (bicyclic) bond motifs is 1. The van der Waals surface area contributed by atoms with Gasteiger partial charge in [0.05, 0.1) is 0 Å². The number of carbonyl (C=O) groups excluding carboxylic acids is 2. The van der Waals surface area contributed by atoms with Gasteiger partial charge >= 0.3 is 6.03 Å². The van der Waals surface area contributed by atoms with E-state index in [4.69, 9.17) is 0 Å². The van der Waals surface area contributed by atoms with Crippen LogP contribution >= 0.6 is 0 Å². The first-order valence-electron chi connectivity index (χ1n) is 6.76. The predicted molar refractivity (Wildman–Crippen MR) is 79.2 cm³/mol. The topological polar surface area (TPSA) is 61.4 Å². The van der Waals surface area contributed by atoms with Gasteiger partial charge < -0.3 is 10.6 Å². The fourth-order valence-corrected chi connectivity index (χ4v) is 2.28. The summed E-state index contributed by atoms with van der Waals surface area (Å²) >= 11 is 0. The minimum atomic E-state index is -0.281.